The Kier molecular flexibility index (Phi) is 3.57. The molecule has 1 aliphatic heterocycles. The molecule has 1 fully saturated rings. The van der Waals surface area contributed by atoms with Gasteiger partial charge in [-0.15, -0.1) is 11.3 Å². The molecule has 9 heteroatoms. The topological polar surface area (TPSA) is 100 Å². The molecule has 1 aliphatic rings. The molecule has 2 aromatic heterocycles. The van der Waals surface area contributed by atoms with E-state index in [0.29, 0.717) is 13.1 Å². The van der Waals surface area contributed by atoms with Crippen LogP contribution in [0.1, 0.15) is 10.9 Å². The van der Waals surface area contributed by atoms with Crippen LogP contribution in [0.25, 0.3) is 0 Å². The van der Waals surface area contributed by atoms with Crippen LogP contribution in [0.5, 0.6) is 0 Å². The number of nitrogens with one attached hydrogen (secondary N) is 2. The molecule has 0 bridgehead atoms. The fraction of sp³-hybridized carbons (Fsp3) is 0.333. The smallest absolute Gasteiger partial charge is 0.343 e. The number of aromatic nitrogens is 3. The van der Waals surface area contributed by atoms with Gasteiger partial charge in [0.15, 0.2) is 0 Å². The van der Waals surface area contributed by atoms with E-state index in [-0.39, 0.29) is 18.4 Å². The van der Waals surface area contributed by atoms with Crippen molar-refractivity contribution >= 4 is 23.2 Å². The van der Waals surface area contributed by atoms with E-state index in [4.69, 9.17) is 0 Å². The fourth-order valence-corrected chi connectivity index (χ4v) is 3.12. The van der Waals surface area contributed by atoms with Crippen LogP contribution in [0.4, 0.5) is 0 Å². The molecule has 110 valence electrons. The molecule has 1 atom stereocenters. The number of carbonyl (C=O) groups is 2. The predicted molar refractivity (Wildman–Crippen MR) is 74.6 cm³/mol. The van der Waals surface area contributed by atoms with Crippen LogP contribution in [0.15, 0.2) is 28.6 Å². The minimum atomic E-state index is -0.631. The Balaban J connectivity index is 1.84. The molecular formula is C12H13N5O3S. The number of hydrogen-bond acceptors (Lipinski definition) is 5. The highest BCUT2D eigenvalue weighted by Crippen LogP contribution is 2.27. The maximum atomic E-state index is 12.4. The Labute approximate surface area is 123 Å². The van der Waals surface area contributed by atoms with Crippen LogP contribution < -0.4 is 11.0 Å². The maximum Gasteiger partial charge on any atom is 0.343 e. The molecule has 2 N–H and O–H groups in total. The van der Waals surface area contributed by atoms with Gasteiger partial charge in [-0.1, -0.05) is 6.07 Å². The monoisotopic (exact) mass is 307 g/mol. The van der Waals surface area contributed by atoms with E-state index in [1.165, 1.54) is 27.1 Å². The van der Waals surface area contributed by atoms with Crippen molar-refractivity contribution in [2.24, 2.45) is 0 Å². The Bertz CT molecular complexity index is 705. The molecule has 0 spiro atoms. The number of aromatic amines is 1. The molecule has 3 heterocycles. The Morgan fingerprint density at radius 3 is 3.00 bits per heavy atom. The van der Waals surface area contributed by atoms with Crippen LogP contribution in [0.3, 0.4) is 0 Å². The lowest BCUT2D eigenvalue weighted by Crippen LogP contribution is -2.52. The van der Waals surface area contributed by atoms with Crippen molar-refractivity contribution in [1.82, 2.24) is 25.0 Å². The number of nitrogens with zero attached hydrogens (tertiary/aromatic N) is 3. The number of piperazine rings is 1. The van der Waals surface area contributed by atoms with E-state index in [2.05, 4.69) is 15.5 Å². The molecule has 2 amide bonds. The predicted octanol–water partition coefficient (Wildman–Crippen LogP) is -0.667. The number of amides is 2. The first-order valence-corrected chi connectivity index (χ1v) is 7.25. The fourth-order valence-electron chi connectivity index (χ4n) is 2.28. The lowest BCUT2D eigenvalue weighted by atomic mass is 10.1. The molecule has 2 aromatic rings. The van der Waals surface area contributed by atoms with Gasteiger partial charge in [-0.2, -0.15) is 5.10 Å². The largest absolute Gasteiger partial charge is 0.352 e. The van der Waals surface area contributed by atoms with Crippen LogP contribution in [-0.2, 0) is 16.1 Å². The Morgan fingerprint density at radius 1 is 1.48 bits per heavy atom. The molecule has 1 unspecified atom stereocenters. The zero-order valence-electron chi connectivity index (χ0n) is 11.0. The Morgan fingerprint density at radius 2 is 2.33 bits per heavy atom. The van der Waals surface area contributed by atoms with Crippen LogP contribution in [-0.4, -0.2) is 44.6 Å². The van der Waals surface area contributed by atoms with Crippen molar-refractivity contribution in [2.75, 3.05) is 13.1 Å². The van der Waals surface area contributed by atoms with Crippen molar-refractivity contribution in [3.8, 4) is 0 Å². The van der Waals surface area contributed by atoms with Gasteiger partial charge in [-0.25, -0.2) is 9.89 Å². The summed E-state index contributed by atoms with van der Waals surface area (Å²) in [6, 6.07) is 3.03. The summed E-state index contributed by atoms with van der Waals surface area (Å²) in [6.07, 6.45) is 1.27. The third kappa shape index (κ3) is 2.59. The summed E-state index contributed by atoms with van der Waals surface area (Å²) in [5, 5.41) is 10.4. The third-order valence-corrected chi connectivity index (χ3v) is 4.19. The minimum Gasteiger partial charge on any atom is -0.352 e. The van der Waals surface area contributed by atoms with E-state index in [1.807, 2.05) is 17.5 Å². The number of hydrogen-bond donors (Lipinski definition) is 2. The second-order valence-electron chi connectivity index (χ2n) is 4.59. The molecule has 0 aliphatic carbocycles. The molecule has 0 saturated carbocycles. The quantitative estimate of drug-likeness (QED) is 0.785. The summed E-state index contributed by atoms with van der Waals surface area (Å²) < 4.78 is 1.18. The third-order valence-electron chi connectivity index (χ3n) is 3.27. The first kappa shape index (κ1) is 13.6. The van der Waals surface area contributed by atoms with E-state index >= 15 is 0 Å². The first-order chi connectivity index (χ1) is 10.2. The van der Waals surface area contributed by atoms with Crippen LogP contribution >= 0.6 is 11.3 Å². The molecule has 21 heavy (non-hydrogen) atoms. The van der Waals surface area contributed by atoms with Crippen molar-refractivity contribution in [1.29, 1.82) is 0 Å². The number of carbonyl (C=O) groups excluding carboxylic acids is 2. The van der Waals surface area contributed by atoms with E-state index in [9.17, 15) is 14.4 Å². The van der Waals surface area contributed by atoms with Crippen molar-refractivity contribution in [2.45, 2.75) is 12.6 Å². The van der Waals surface area contributed by atoms with Crippen LogP contribution in [0.2, 0.25) is 0 Å². The van der Waals surface area contributed by atoms with Gasteiger partial charge >= 0.3 is 5.69 Å². The minimum absolute atomic E-state index is 0.134. The van der Waals surface area contributed by atoms with Crippen molar-refractivity contribution < 1.29 is 9.59 Å². The zero-order valence-corrected chi connectivity index (χ0v) is 11.8. The van der Waals surface area contributed by atoms with E-state index < -0.39 is 11.7 Å². The number of H-pyrrole nitrogens is 1. The van der Waals surface area contributed by atoms with Gasteiger partial charge in [0, 0.05) is 18.0 Å². The van der Waals surface area contributed by atoms with E-state index in [0.717, 1.165) is 4.88 Å². The van der Waals surface area contributed by atoms with Crippen molar-refractivity contribution in [3.63, 3.8) is 0 Å². The standard InChI is InChI=1S/C12H13N5O3S/c18-9(6-16-7-14-15-12(16)20)17-4-3-13-11(19)10(17)8-2-1-5-21-8/h1-2,5,7,10H,3-4,6H2,(H,13,19)(H,15,20). The van der Waals surface area contributed by atoms with Gasteiger partial charge in [0.1, 0.15) is 18.9 Å². The molecular weight excluding hydrogens is 294 g/mol. The normalized spacial score (nSPS) is 18.6. The van der Waals surface area contributed by atoms with Gasteiger partial charge < -0.3 is 10.2 Å². The molecule has 0 aromatic carbocycles. The van der Waals surface area contributed by atoms with E-state index in [1.54, 1.807) is 0 Å². The van der Waals surface area contributed by atoms with Gasteiger partial charge in [-0.3, -0.25) is 14.2 Å². The van der Waals surface area contributed by atoms with Gasteiger partial charge in [0.05, 0.1) is 0 Å². The summed E-state index contributed by atoms with van der Waals surface area (Å²) >= 11 is 1.42. The average Bonchev–Trinajstić information content (AvgIpc) is 3.11. The maximum absolute atomic E-state index is 12.4. The summed E-state index contributed by atoms with van der Waals surface area (Å²) in [5.74, 6) is -0.483. The second kappa shape index (κ2) is 5.52. The highest BCUT2D eigenvalue weighted by atomic mass is 32.1. The SMILES string of the molecule is O=C1NCCN(C(=O)Cn2cn[nH]c2=O)C1c1cccs1. The second-order valence-corrected chi connectivity index (χ2v) is 5.56. The number of thiophene rings is 1. The van der Waals surface area contributed by atoms with Gasteiger partial charge in [0.2, 0.25) is 11.8 Å². The number of rotatable bonds is 3. The molecule has 3 rings (SSSR count). The lowest BCUT2D eigenvalue weighted by Gasteiger charge is -2.34. The summed E-state index contributed by atoms with van der Waals surface area (Å²) in [7, 11) is 0. The van der Waals surface area contributed by atoms with Gasteiger partial charge in [0.25, 0.3) is 0 Å². The highest BCUT2D eigenvalue weighted by Gasteiger charge is 2.35. The summed E-state index contributed by atoms with van der Waals surface area (Å²) in [4.78, 5) is 38.2. The molecule has 0 radical (unpaired) electrons. The first-order valence-electron chi connectivity index (χ1n) is 6.37. The average molecular weight is 307 g/mol. The molecule has 1 saturated heterocycles. The summed E-state index contributed by atoms with van der Waals surface area (Å²) in [6.45, 7) is 0.691. The Hall–Kier alpha value is -2.42. The zero-order chi connectivity index (χ0) is 14.8. The van der Waals surface area contributed by atoms with Crippen LogP contribution in [0, 0.1) is 0 Å². The summed E-state index contributed by atoms with van der Waals surface area (Å²) in [5.41, 5.74) is -0.447. The molecule has 8 nitrogen and oxygen atoms in total. The lowest BCUT2D eigenvalue weighted by molar-refractivity contribution is -0.143. The highest BCUT2D eigenvalue weighted by molar-refractivity contribution is 7.10. The van der Waals surface area contributed by atoms with Crippen molar-refractivity contribution in [3.05, 3.63) is 39.2 Å². The van der Waals surface area contributed by atoms with Gasteiger partial charge in [-0.05, 0) is 11.4 Å².